The van der Waals surface area contributed by atoms with Gasteiger partial charge in [0.2, 0.25) is 5.91 Å². The Kier molecular flexibility index (Phi) is 7.69. The Morgan fingerprint density at radius 2 is 1.69 bits per heavy atom. The fourth-order valence-electron chi connectivity index (χ4n) is 3.33. The fraction of sp³-hybridized carbons (Fsp3) is 0.115. The van der Waals surface area contributed by atoms with Gasteiger partial charge in [0.25, 0.3) is 5.91 Å². The smallest absolute Gasteiger partial charge is 0.257 e. The minimum absolute atomic E-state index is 0.120. The van der Waals surface area contributed by atoms with E-state index < -0.39 is 0 Å². The second-order valence-electron chi connectivity index (χ2n) is 7.35. The molecule has 4 rings (SSSR count). The average molecular weight is 489 g/mol. The Balaban J connectivity index is 1.40. The fourth-order valence-corrected chi connectivity index (χ4v) is 4.11. The molecule has 4 aromatic rings. The number of carbonyl (C=O) groups is 2. The number of para-hydroxylation sites is 1. The average Bonchev–Trinajstić information content (AvgIpc) is 3.37. The van der Waals surface area contributed by atoms with E-state index in [1.807, 2.05) is 35.0 Å². The zero-order chi connectivity index (χ0) is 24.6. The molecule has 0 aliphatic rings. The van der Waals surface area contributed by atoms with Crippen molar-refractivity contribution in [2.45, 2.75) is 5.16 Å². The molecule has 0 fully saturated rings. The number of imidazole rings is 1. The number of nitrogens with one attached hydrogen (secondary N) is 2. The Labute approximate surface area is 207 Å². The van der Waals surface area contributed by atoms with Crippen molar-refractivity contribution in [2.24, 2.45) is 0 Å². The maximum Gasteiger partial charge on any atom is 0.257 e. The molecule has 0 aliphatic carbocycles. The van der Waals surface area contributed by atoms with Gasteiger partial charge in [0.1, 0.15) is 11.5 Å². The van der Waals surface area contributed by atoms with Crippen molar-refractivity contribution >= 4 is 35.0 Å². The predicted molar refractivity (Wildman–Crippen MR) is 137 cm³/mol. The summed E-state index contributed by atoms with van der Waals surface area (Å²) in [5.74, 6) is 0.969. The molecule has 0 spiro atoms. The first-order valence-corrected chi connectivity index (χ1v) is 11.7. The minimum Gasteiger partial charge on any atom is -0.497 e. The second-order valence-corrected chi connectivity index (χ2v) is 8.29. The van der Waals surface area contributed by atoms with Gasteiger partial charge < -0.3 is 20.1 Å². The van der Waals surface area contributed by atoms with E-state index in [0.29, 0.717) is 27.8 Å². The van der Waals surface area contributed by atoms with Crippen LogP contribution in [-0.2, 0) is 4.79 Å². The molecule has 0 unspecified atom stereocenters. The second kappa shape index (κ2) is 11.3. The molecule has 35 heavy (non-hydrogen) atoms. The highest BCUT2D eigenvalue weighted by Crippen LogP contribution is 2.24. The van der Waals surface area contributed by atoms with Gasteiger partial charge in [-0.25, -0.2) is 4.98 Å². The van der Waals surface area contributed by atoms with Gasteiger partial charge in [-0.05, 0) is 48.5 Å². The van der Waals surface area contributed by atoms with Crippen LogP contribution in [-0.4, -0.2) is 41.3 Å². The van der Waals surface area contributed by atoms with E-state index in [4.69, 9.17) is 9.47 Å². The standard InChI is InChI=1S/C26H24N4O4S/c1-33-20-12-10-18(11-13-20)28-25(32)22-8-3-4-9-23(22)29-24(31)17-35-26-27-14-15-30(26)19-6-5-7-21(16-19)34-2/h3-16H,17H2,1-2H3,(H,28,32)(H,29,31). The first kappa shape index (κ1) is 23.9. The van der Waals surface area contributed by atoms with Crippen LogP contribution in [0.2, 0.25) is 0 Å². The van der Waals surface area contributed by atoms with Crippen LogP contribution >= 0.6 is 11.8 Å². The van der Waals surface area contributed by atoms with E-state index in [-0.39, 0.29) is 17.6 Å². The molecule has 9 heteroatoms. The lowest BCUT2D eigenvalue weighted by Crippen LogP contribution is -2.19. The number of methoxy groups -OCH3 is 2. The maximum atomic E-state index is 12.8. The van der Waals surface area contributed by atoms with Crippen molar-refractivity contribution < 1.29 is 19.1 Å². The molecule has 0 saturated heterocycles. The molecule has 0 atom stereocenters. The number of hydrogen-bond acceptors (Lipinski definition) is 6. The summed E-state index contributed by atoms with van der Waals surface area (Å²) in [5, 5.41) is 6.34. The van der Waals surface area contributed by atoms with Crippen molar-refractivity contribution in [3.05, 3.63) is 90.8 Å². The zero-order valence-corrected chi connectivity index (χ0v) is 20.0. The summed E-state index contributed by atoms with van der Waals surface area (Å²) in [6.07, 6.45) is 3.51. The first-order valence-electron chi connectivity index (χ1n) is 10.7. The quantitative estimate of drug-likeness (QED) is 0.327. The van der Waals surface area contributed by atoms with Crippen LogP contribution in [0.15, 0.2) is 90.3 Å². The lowest BCUT2D eigenvalue weighted by atomic mass is 10.1. The molecule has 2 N–H and O–H groups in total. The summed E-state index contributed by atoms with van der Waals surface area (Å²) in [6.45, 7) is 0. The molecule has 178 valence electrons. The van der Waals surface area contributed by atoms with Gasteiger partial charge in [-0.15, -0.1) is 0 Å². The van der Waals surface area contributed by atoms with E-state index in [9.17, 15) is 9.59 Å². The number of carbonyl (C=O) groups excluding carboxylic acids is 2. The molecule has 1 aromatic heterocycles. The van der Waals surface area contributed by atoms with Gasteiger partial charge in [0.05, 0.1) is 36.9 Å². The van der Waals surface area contributed by atoms with Crippen LogP contribution in [0.25, 0.3) is 5.69 Å². The van der Waals surface area contributed by atoms with Crippen molar-refractivity contribution in [1.82, 2.24) is 9.55 Å². The summed E-state index contributed by atoms with van der Waals surface area (Å²) < 4.78 is 12.3. The number of thioether (sulfide) groups is 1. The molecular weight excluding hydrogens is 464 g/mol. The third-order valence-electron chi connectivity index (χ3n) is 5.06. The Hall–Kier alpha value is -4.24. The van der Waals surface area contributed by atoms with E-state index in [2.05, 4.69) is 15.6 Å². The molecule has 0 saturated carbocycles. The monoisotopic (exact) mass is 488 g/mol. The number of ether oxygens (including phenoxy) is 2. The molecule has 2 amide bonds. The van der Waals surface area contributed by atoms with Crippen LogP contribution in [0.4, 0.5) is 11.4 Å². The van der Waals surface area contributed by atoms with Crippen molar-refractivity contribution in [3.8, 4) is 17.2 Å². The van der Waals surface area contributed by atoms with Crippen LogP contribution in [0.3, 0.4) is 0 Å². The summed E-state index contributed by atoms with van der Waals surface area (Å²) in [5.41, 5.74) is 2.29. The van der Waals surface area contributed by atoms with E-state index in [1.54, 1.807) is 68.9 Å². The highest BCUT2D eigenvalue weighted by molar-refractivity contribution is 7.99. The molecule has 1 heterocycles. The Morgan fingerprint density at radius 3 is 2.46 bits per heavy atom. The summed E-state index contributed by atoms with van der Waals surface area (Å²) in [4.78, 5) is 29.9. The summed E-state index contributed by atoms with van der Waals surface area (Å²) in [7, 11) is 3.19. The largest absolute Gasteiger partial charge is 0.497 e. The van der Waals surface area contributed by atoms with Gasteiger partial charge in [-0.2, -0.15) is 0 Å². The third-order valence-corrected chi connectivity index (χ3v) is 6.03. The van der Waals surface area contributed by atoms with E-state index in [0.717, 1.165) is 11.4 Å². The number of anilines is 2. The van der Waals surface area contributed by atoms with Crippen LogP contribution in [0, 0.1) is 0 Å². The van der Waals surface area contributed by atoms with Crippen LogP contribution in [0.1, 0.15) is 10.4 Å². The van der Waals surface area contributed by atoms with Crippen molar-refractivity contribution in [2.75, 3.05) is 30.6 Å². The predicted octanol–water partition coefficient (Wildman–Crippen LogP) is 4.87. The first-order chi connectivity index (χ1) is 17.1. The van der Waals surface area contributed by atoms with E-state index >= 15 is 0 Å². The zero-order valence-electron chi connectivity index (χ0n) is 19.2. The van der Waals surface area contributed by atoms with Crippen molar-refractivity contribution in [1.29, 1.82) is 0 Å². The van der Waals surface area contributed by atoms with Gasteiger partial charge in [0, 0.05) is 24.1 Å². The van der Waals surface area contributed by atoms with Crippen molar-refractivity contribution in [3.63, 3.8) is 0 Å². The molecule has 0 radical (unpaired) electrons. The molecule has 0 aliphatic heterocycles. The number of hydrogen-bond donors (Lipinski definition) is 2. The van der Waals surface area contributed by atoms with Gasteiger partial charge >= 0.3 is 0 Å². The molecule has 3 aromatic carbocycles. The highest BCUT2D eigenvalue weighted by atomic mass is 32.2. The minimum atomic E-state index is -0.327. The molecule has 8 nitrogen and oxygen atoms in total. The summed E-state index contributed by atoms with van der Waals surface area (Å²) in [6, 6.07) is 21.5. The molecule has 0 bridgehead atoms. The highest BCUT2D eigenvalue weighted by Gasteiger charge is 2.15. The summed E-state index contributed by atoms with van der Waals surface area (Å²) >= 11 is 1.30. The number of benzene rings is 3. The van der Waals surface area contributed by atoms with Gasteiger partial charge in [-0.3, -0.25) is 14.2 Å². The maximum absolute atomic E-state index is 12.8. The Bertz CT molecular complexity index is 1320. The van der Waals surface area contributed by atoms with Crippen LogP contribution < -0.4 is 20.1 Å². The lowest BCUT2D eigenvalue weighted by molar-refractivity contribution is -0.113. The van der Waals surface area contributed by atoms with Gasteiger partial charge in [-0.1, -0.05) is 30.0 Å². The third kappa shape index (κ3) is 6.01. The normalized spacial score (nSPS) is 10.5. The Morgan fingerprint density at radius 1 is 0.914 bits per heavy atom. The number of rotatable bonds is 9. The van der Waals surface area contributed by atoms with E-state index in [1.165, 1.54) is 11.8 Å². The SMILES string of the molecule is COc1ccc(NC(=O)c2ccccc2NC(=O)CSc2nccn2-c2cccc(OC)c2)cc1. The number of nitrogens with zero attached hydrogens (tertiary/aromatic N) is 2. The van der Waals surface area contributed by atoms with Crippen LogP contribution in [0.5, 0.6) is 11.5 Å². The lowest BCUT2D eigenvalue weighted by Gasteiger charge is -2.12. The topological polar surface area (TPSA) is 94.5 Å². The van der Waals surface area contributed by atoms with Gasteiger partial charge in [0.15, 0.2) is 5.16 Å². The number of aromatic nitrogens is 2. The number of amides is 2. The molecular formula is C26H24N4O4S.